The molecule has 19 heavy (non-hydrogen) atoms. The second-order valence-corrected chi connectivity index (χ2v) is 4.40. The smallest absolute Gasteiger partial charge is 0.138 e. The van der Waals surface area contributed by atoms with Crippen molar-refractivity contribution < 1.29 is 0 Å². The molecule has 2 aromatic carbocycles. The number of H-pyrrole nitrogens is 1. The summed E-state index contributed by atoms with van der Waals surface area (Å²) in [6.07, 6.45) is 1.93. The summed E-state index contributed by atoms with van der Waals surface area (Å²) in [4.78, 5) is 7.85. The van der Waals surface area contributed by atoms with Crippen molar-refractivity contribution >= 4 is 0 Å². The van der Waals surface area contributed by atoms with Crippen LogP contribution in [-0.4, -0.2) is 9.97 Å². The zero-order valence-electron chi connectivity index (χ0n) is 10.5. The molecule has 0 aliphatic carbocycles. The Morgan fingerprint density at radius 2 is 1.74 bits per heavy atom. The molecule has 94 valence electrons. The van der Waals surface area contributed by atoms with Crippen molar-refractivity contribution in [3.05, 3.63) is 66.4 Å². The lowest BCUT2D eigenvalue weighted by molar-refractivity contribution is 1.07. The topological polar surface area (TPSA) is 54.7 Å². The molecular weight excluding hydrogens is 234 g/mol. The summed E-state index contributed by atoms with van der Waals surface area (Å²) in [5, 5.41) is 0. The van der Waals surface area contributed by atoms with E-state index in [0.29, 0.717) is 6.54 Å². The molecule has 0 radical (unpaired) electrons. The van der Waals surface area contributed by atoms with E-state index in [1.807, 2.05) is 54.7 Å². The minimum Gasteiger partial charge on any atom is -0.344 e. The van der Waals surface area contributed by atoms with Crippen molar-refractivity contribution in [2.24, 2.45) is 5.73 Å². The van der Waals surface area contributed by atoms with Crippen molar-refractivity contribution in [2.45, 2.75) is 6.54 Å². The summed E-state index contributed by atoms with van der Waals surface area (Å²) in [5.41, 5.74) is 9.89. The number of imidazole rings is 1. The first-order chi connectivity index (χ1) is 9.36. The first-order valence-corrected chi connectivity index (χ1v) is 6.27. The van der Waals surface area contributed by atoms with Crippen LogP contribution in [0.3, 0.4) is 0 Å². The van der Waals surface area contributed by atoms with E-state index in [0.717, 1.165) is 28.2 Å². The summed E-state index contributed by atoms with van der Waals surface area (Å²) >= 11 is 0. The number of benzene rings is 2. The molecule has 0 saturated carbocycles. The summed E-state index contributed by atoms with van der Waals surface area (Å²) in [7, 11) is 0. The van der Waals surface area contributed by atoms with E-state index in [1.165, 1.54) is 0 Å². The molecule has 0 saturated heterocycles. The predicted molar refractivity (Wildman–Crippen MR) is 77.4 cm³/mol. The summed E-state index contributed by atoms with van der Waals surface area (Å²) in [5.74, 6) is 0.883. The average Bonchev–Trinajstić information content (AvgIpc) is 2.98. The highest BCUT2D eigenvalue weighted by molar-refractivity contribution is 5.64. The number of hydrogen-bond acceptors (Lipinski definition) is 2. The highest BCUT2D eigenvalue weighted by atomic mass is 14.9. The molecule has 0 amide bonds. The predicted octanol–water partition coefficient (Wildman–Crippen LogP) is 3.20. The highest BCUT2D eigenvalue weighted by Crippen LogP contribution is 2.22. The lowest BCUT2D eigenvalue weighted by Gasteiger charge is -2.00. The number of rotatable bonds is 3. The van der Waals surface area contributed by atoms with Crippen LogP contribution in [0.2, 0.25) is 0 Å². The average molecular weight is 249 g/mol. The molecule has 0 atom stereocenters. The molecule has 1 heterocycles. The van der Waals surface area contributed by atoms with Crippen LogP contribution in [-0.2, 0) is 6.54 Å². The fourth-order valence-corrected chi connectivity index (χ4v) is 2.07. The van der Waals surface area contributed by atoms with Crippen LogP contribution in [0.15, 0.2) is 60.8 Å². The van der Waals surface area contributed by atoms with Crippen LogP contribution >= 0.6 is 0 Å². The van der Waals surface area contributed by atoms with Gasteiger partial charge in [0.2, 0.25) is 0 Å². The SMILES string of the molecule is NCc1cccc(-c2c[nH]c(-c3ccccc3)n2)c1. The number of aromatic nitrogens is 2. The lowest BCUT2D eigenvalue weighted by atomic mass is 10.1. The lowest BCUT2D eigenvalue weighted by Crippen LogP contribution is -1.95. The molecule has 3 aromatic rings. The number of nitrogens with one attached hydrogen (secondary N) is 1. The molecule has 0 fully saturated rings. The molecule has 0 bridgehead atoms. The van der Waals surface area contributed by atoms with Gasteiger partial charge in [0.05, 0.1) is 5.69 Å². The van der Waals surface area contributed by atoms with Crippen molar-refractivity contribution in [2.75, 3.05) is 0 Å². The summed E-state index contributed by atoms with van der Waals surface area (Å²) in [6, 6.07) is 18.2. The van der Waals surface area contributed by atoms with Gasteiger partial charge in [-0.3, -0.25) is 0 Å². The van der Waals surface area contributed by atoms with Crippen LogP contribution in [0.25, 0.3) is 22.6 Å². The molecule has 0 unspecified atom stereocenters. The molecule has 0 spiro atoms. The van der Waals surface area contributed by atoms with Gasteiger partial charge in [0.25, 0.3) is 0 Å². The molecular formula is C16H15N3. The normalized spacial score (nSPS) is 10.6. The van der Waals surface area contributed by atoms with E-state index in [-0.39, 0.29) is 0 Å². The van der Waals surface area contributed by atoms with Gasteiger partial charge in [-0.05, 0) is 11.6 Å². The van der Waals surface area contributed by atoms with Crippen LogP contribution < -0.4 is 5.73 Å². The minimum absolute atomic E-state index is 0.545. The van der Waals surface area contributed by atoms with E-state index in [2.05, 4.69) is 16.0 Å². The third-order valence-corrected chi connectivity index (χ3v) is 3.08. The Balaban J connectivity index is 1.97. The largest absolute Gasteiger partial charge is 0.344 e. The van der Waals surface area contributed by atoms with E-state index in [9.17, 15) is 0 Å². The Kier molecular flexibility index (Phi) is 3.12. The molecule has 3 N–H and O–H groups in total. The van der Waals surface area contributed by atoms with E-state index >= 15 is 0 Å². The maximum Gasteiger partial charge on any atom is 0.138 e. The molecule has 0 aliphatic rings. The zero-order valence-corrected chi connectivity index (χ0v) is 10.5. The summed E-state index contributed by atoms with van der Waals surface area (Å²) < 4.78 is 0. The van der Waals surface area contributed by atoms with Crippen molar-refractivity contribution in [1.82, 2.24) is 9.97 Å². The zero-order chi connectivity index (χ0) is 13.1. The second kappa shape index (κ2) is 5.08. The maximum absolute atomic E-state index is 5.66. The fraction of sp³-hybridized carbons (Fsp3) is 0.0625. The molecule has 3 heteroatoms. The Labute approximate surface area is 112 Å². The first kappa shape index (κ1) is 11.7. The van der Waals surface area contributed by atoms with Gasteiger partial charge in [-0.2, -0.15) is 0 Å². The monoisotopic (exact) mass is 249 g/mol. The van der Waals surface area contributed by atoms with Crippen LogP contribution in [0.4, 0.5) is 0 Å². The van der Waals surface area contributed by atoms with Crippen molar-refractivity contribution in [1.29, 1.82) is 0 Å². The number of aromatic amines is 1. The van der Waals surface area contributed by atoms with Gasteiger partial charge in [0.15, 0.2) is 0 Å². The molecule has 0 aliphatic heterocycles. The highest BCUT2D eigenvalue weighted by Gasteiger charge is 2.05. The number of nitrogens with two attached hydrogens (primary N) is 1. The Bertz CT molecular complexity index is 671. The van der Waals surface area contributed by atoms with Gasteiger partial charge in [-0.15, -0.1) is 0 Å². The Morgan fingerprint density at radius 1 is 0.947 bits per heavy atom. The first-order valence-electron chi connectivity index (χ1n) is 6.27. The van der Waals surface area contributed by atoms with Gasteiger partial charge in [-0.1, -0.05) is 48.5 Å². The van der Waals surface area contributed by atoms with Crippen molar-refractivity contribution in [3.63, 3.8) is 0 Å². The fourth-order valence-electron chi connectivity index (χ4n) is 2.07. The molecule has 3 nitrogen and oxygen atoms in total. The third kappa shape index (κ3) is 2.41. The Morgan fingerprint density at radius 3 is 2.53 bits per heavy atom. The maximum atomic E-state index is 5.66. The van der Waals surface area contributed by atoms with E-state index in [1.54, 1.807) is 0 Å². The second-order valence-electron chi connectivity index (χ2n) is 4.40. The van der Waals surface area contributed by atoms with Crippen LogP contribution in [0, 0.1) is 0 Å². The van der Waals surface area contributed by atoms with Crippen molar-refractivity contribution in [3.8, 4) is 22.6 Å². The van der Waals surface area contributed by atoms with Gasteiger partial charge in [0.1, 0.15) is 5.82 Å². The minimum atomic E-state index is 0.545. The number of nitrogens with zero attached hydrogens (tertiary/aromatic N) is 1. The molecule has 1 aromatic heterocycles. The van der Waals surface area contributed by atoms with Gasteiger partial charge in [-0.25, -0.2) is 4.98 Å². The quantitative estimate of drug-likeness (QED) is 0.749. The van der Waals surface area contributed by atoms with Gasteiger partial charge < -0.3 is 10.7 Å². The Hall–Kier alpha value is -2.39. The van der Waals surface area contributed by atoms with Gasteiger partial charge in [0, 0.05) is 23.9 Å². The van der Waals surface area contributed by atoms with Crippen LogP contribution in [0.5, 0.6) is 0 Å². The number of hydrogen-bond donors (Lipinski definition) is 2. The van der Waals surface area contributed by atoms with E-state index in [4.69, 9.17) is 5.73 Å². The standard InChI is InChI=1S/C16H15N3/c17-10-12-5-4-8-14(9-12)15-11-18-16(19-15)13-6-2-1-3-7-13/h1-9,11H,10,17H2,(H,18,19). The summed E-state index contributed by atoms with van der Waals surface area (Å²) in [6.45, 7) is 0.545. The van der Waals surface area contributed by atoms with E-state index < -0.39 is 0 Å². The molecule has 3 rings (SSSR count). The van der Waals surface area contributed by atoms with Gasteiger partial charge >= 0.3 is 0 Å². The van der Waals surface area contributed by atoms with Crippen LogP contribution in [0.1, 0.15) is 5.56 Å². The third-order valence-electron chi connectivity index (χ3n) is 3.08.